The largest absolute Gasteiger partial charge is 0.441 e. The molecule has 0 spiro atoms. The Balaban J connectivity index is 1.18. The molecular formula is C24H30Cl2N4O3. The minimum Gasteiger partial charge on any atom is -0.441 e. The van der Waals surface area contributed by atoms with Crippen molar-refractivity contribution in [3.05, 3.63) is 40.3 Å². The van der Waals surface area contributed by atoms with Crippen LogP contribution in [0.3, 0.4) is 0 Å². The number of oxazole rings is 1. The van der Waals surface area contributed by atoms with Crippen molar-refractivity contribution in [2.75, 3.05) is 13.1 Å². The summed E-state index contributed by atoms with van der Waals surface area (Å²) in [6.07, 6.45) is 9.65. The van der Waals surface area contributed by atoms with Gasteiger partial charge in [-0.3, -0.25) is 4.79 Å². The van der Waals surface area contributed by atoms with Crippen molar-refractivity contribution in [3.8, 4) is 11.3 Å². The fourth-order valence-electron chi connectivity index (χ4n) is 4.50. The number of carbonyl (C=O) groups excluding carboxylic acids is 2. The number of likely N-dealkylation sites (tertiary alicyclic amines) is 1. The maximum Gasteiger partial charge on any atom is 0.317 e. The number of piperidine rings is 1. The average Bonchev–Trinajstić information content (AvgIpc) is 3.27. The lowest BCUT2D eigenvalue weighted by atomic mass is 9.95. The maximum absolute atomic E-state index is 12.5. The topological polar surface area (TPSA) is 87.5 Å². The Kier molecular flexibility index (Phi) is 8.15. The molecule has 1 aliphatic heterocycles. The lowest BCUT2D eigenvalue weighted by molar-refractivity contribution is -0.122. The highest BCUT2D eigenvalue weighted by molar-refractivity contribution is 6.36. The number of benzene rings is 1. The molecule has 33 heavy (non-hydrogen) atoms. The highest BCUT2D eigenvalue weighted by Crippen LogP contribution is 2.30. The Labute approximate surface area is 204 Å². The second-order valence-corrected chi connectivity index (χ2v) is 9.70. The first-order valence-electron chi connectivity index (χ1n) is 11.7. The third-order valence-corrected chi connectivity index (χ3v) is 6.94. The first-order chi connectivity index (χ1) is 16.0. The van der Waals surface area contributed by atoms with Gasteiger partial charge < -0.3 is 20.0 Å². The molecule has 3 amide bonds. The van der Waals surface area contributed by atoms with Gasteiger partial charge in [0.15, 0.2) is 11.7 Å². The van der Waals surface area contributed by atoms with Gasteiger partial charge in [-0.1, -0.05) is 42.5 Å². The SMILES string of the molecule is O=C(CCc1ncc(-c2ccc(Cl)cc2Cl)o1)NC1CCN(C(=O)NC2CCCCC2)CC1. The Hall–Kier alpha value is -2.25. The molecule has 9 heteroatoms. The average molecular weight is 493 g/mol. The van der Waals surface area contributed by atoms with Crippen LogP contribution in [0.5, 0.6) is 0 Å². The van der Waals surface area contributed by atoms with Gasteiger partial charge in [0.25, 0.3) is 0 Å². The van der Waals surface area contributed by atoms with Gasteiger partial charge in [0.1, 0.15) is 0 Å². The lowest BCUT2D eigenvalue weighted by Crippen LogP contribution is -2.51. The molecule has 2 aromatic rings. The number of aromatic nitrogens is 1. The van der Waals surface area contributed by atoms with E-state index in [4.69, 9.17) is 27.6 Å². The fourth-order valence-corrected chi connectivity index (χ4v) is 5.00. The van der Waals surface area contributed by atoms with Gasteiger partial charge in [-0.15, -0.1) is 0 Å². The van der Waals surface area contributed by atoms with Crippen LogP contribution in [0.1, 0.15) is 57.3 Å². The molecule has 0 bridgehead atoms. The van der Waals surface area contributed by atoms with Crippen molar-refractivity contribution in [1.29, 1.82) is 0 Å². The number of nitrogens with zero attached hydrogens (tertiary/aromatic N) is 2. The molecule has 1 saturated heterocycles. The molecule has 2 N–H and O–H groups in total. The molecule has 7 nitrogen and oxygen atoms in total. The minimum atomic E-state index is -0.0376. The van der Waals surface area contributed by atoms with Crippen LogP contribution in [0.15, 0.2) is 28.8 Å². The summed E-state index contributed by atoms with van der Waals surface area (Å²) in [6, 6.07) is 5.61. The lowest BCUT2D eigenvalue weighted by Gasteiger charge is -2.34. The Morgan fingerprint density at radius 3 is 2.48 bits per heavy atom. The van der Waals surface area contributed by atoms with E-state index >= 15 is 0 Å². The van der Waals surface area contributed by atoms with Gasteiger partial charge in [-0.05, 0) is 43.9 Å². The second kappa shape index (κ2) is 11.3. The summed E-state index contributed by atoms with van der Waals surface area (Å²) in [5, 5.41) is 7.29. The Morgan fingerprint density at radius 1 is 1.03 bits per heavy atom. The summed E-state index contributed by atoms with van der Waals surface area (Å²) in [4.78, 5) is 31.0. The smallest absolute Gasteiger partial charge is 0.317 e. The Bertz CT molecular complexity index is 966. The van der Waals surface area contributed by atoms with E-state index in [0.29, 0.717) is 52.8 Å². The summed E-state index contributed by atoms with van der Waals surface area (Å²) in [5.74, 6) is 0.996. The zero-order valence-electron chi connectivity index (χ0n) is 18.6. The van der Waals surface area contributed by atoms with Crippen molar-refractivity contribution < 1.29 is 14.0 Å². The third kappa shape index (κ3) is 6.64. The van der Waals surface area contributed by atoms with Crippen LogP contribution < -0.4 is 10.6 Å². The number of nitrogens with one attached hydrogen (secondary N) is 2. The standard InChI is InChI=1S/C24H30Cl2N4O3/c25-16-6-7-19(20(26)14-16)21-15-27-23(33-21)9-8-22(31)28-18-10-12-30(13-11-18)24(32)29-17-4-2-1-3-5-17/h6-7,14-15,17-18H,1-5,8-13H2,(H,28,31)(H,29,32). The highest BCUT2D eigenvalue weighted by Gasteiger charge is 2.25. The van der Waals surface area contributed by atoms with Gasteiger partial charge in [0, 0.05) is 48.6 Å². The summed E-state index contributed by atoms with van der Waals surface area (Å²) in [7, 11) is 0. The van der Waals surface area contributed by atoms with Gasteiger partial charge in [0.2, 0.25) is 5.91 Å². The van der Waals surface area contributed by atoms with Crippen molar-refractivity contribution in [2.45, 2.75) is 69.9 Å². The minimum absolute atomic E-state index is 0.0344. The predicted octanol–water partition coefficient (Wildman–Crippen LogP) is 5.20. The van der Waals surface area contributed by atoms with Gasteiger partial charge in [-0.25, -0.2) is 9.78 Å². The highest BCUT2D eigenvalue weighted by atomic mass is 35.5. The monoisotopic (exact) mass is 492 g/mol. The van der Waals surface area contributed by atoms with Crippen molar-refractivity contribution in [2.24, 2.45) is 0 Å². The van der Waals surface area contributed by atoms with Crippen LogP contribution in [-0.4, -0.2) is 47.0 Å². The zero-order chi connectivity index (χ0) is 23.2. The van der Waals surface area contributed by atoms with Crippen LogP contribution in [0.25, 0.3) is 11.3 Å². The first-order valence-corrected chi connectivity index (χ1v) is 12.5. The van der Waals surface area contributed by atoms with Gasteiger partial charge in [-0.2, -0.15) is 0 Å². The van der Waals surface area contributed by atoms with Crippen molar-refractivity contribution >= 4 is 35.1 Å². The van der Waals surface area contributed by atoms with Crippen LogP contribution >= 0.6 is 23.2 Å². The molecule has 0 radical (unpaired) electrons. The number of amides is 3. The van der Waals surface area contributed by atoms with Crippen LogP contribution in [-0.2, 0) is 11.2 Å². The molecule has 178 valence electrons. The summed E-state index contributed by atoms with van der Waals surface area (Å²) in [5.41, 5.74) is 0.712. The maximum atomic E-state index is 12.5. The summed E-state index contributed by atoms with van der Waals surface area (Å²) < 4.78 is 5.76. The number of urea groups is 1. The number of hydrogen-bond donors (Lipinski definition) is 2. The quantitative estimate of drug-likeness (QED) is 0.579. The van der Waals surface area contributed by atoms with E-state index in [2.05, 4.69) is 15.6 Å². The van der Waals surface area contributed by atoms with E-state index in [1.807, 2.05) is 4.90 Å². The van der Waals surface area contributed by atoms with Crippen molar-refractivity contribution in [3.63, 3.8) is 0 Å². The molecule has 1 aromatic carbocycles. The number of hydrogen-bond acceptors (Lipinski definition) is 4. The van der Waals surface area contributed by atoms with E-state index < -0.39 is 0 Å². The van der Waals surface area contributed by atoms with E-state index in [-0.39, 0.29) is 24.4 Å². The second-order valence-electron chi connectivity index (χ2n) is 8.86. The van der Waals surface area contributed by atoms with Crippen LogP contribution in [0, 0.1) is 0 Å². The third-order valence-electron chi connectivity index (χ3n) is 6.40. The van der Waals surface area contributed by atoms with E-state index in [1.54, 1.807) is 24.4 Å². The molecule has 2 heterocycles. The van der Waals surface area contributed by atoms with Crippen LogP contribution in [0.4, 0.5) is 4.79 Å². The van der Waals surface area contributed by atoms with Crippen molar-refractivity contribution in [1.82, 2.24) is 20.5 Å². The van der Waals surface area contributed by atoms with E-state index in [1.165, 1.54) is 19.3 Å². The molecule has 1 aliphatic carbocycles. The van der Waals surface area contributed by atoms with Crippen LogP contribution in [0.2, 0.25) is 10.0 Å². The molecule has 2 aliphatic rings. The summed E-state index contributed by atoms with van der Waals surface area (Å²) >= 11 is 12.2. The molecule has 0 atom stereocenters. The van der Waals surface area contributed by atoms with E-state index in [9.17, 15) is 9.59 Å². The number of aryl methyl sites for hydroxylation is 1. The number of carbonyl (C=O) groups is 2. The van der Waals surface area contributed by atoms with Gasteiger partial charge >= 0.3 is 6.03 Å². The molecule has 1 saturated carbocycles. The number of halogens is 2. The normalized spacial score (nSPS) is 17.7. The predicted molar refractivity (Wildman–Crippen MR) is 128 cm³/mol. The zero-order valence-corrected chi connectivity index (χ0v) is 20.1. The van der Waals surface area contributed by atoms with E-state index in [0.717, 1.165) is 25.7 Å². The molecule has 1 aromatic heterocycles. The Morgan fingerprint density at radius 2 is 1.76 bits per heavy atom. The number of rotatable bonds is 6. The molecule has 4 rings (SSSR count). The van der Waals surface area contributed by atoms with Gasteiger partial charge in [0.05, 0.1) is 11.2 Å². The summed E-state index contributed by atoms with van der Waals surface area (Å²) in [6.45, 7) is 1.32. The molecule has 0 unspecified atom stereocenters. The fraction of sp³-hybridized carbons (Fsp3) is 0.542. The molecule has 2 fully saturated rings. The molecular weight excluding hydrogens is 463 g/mol. The first kappa shape index (κ1) is 23.9.